The van der Waals surface area contributed by atoms with E-state index in [-0.39, 0.29) is 12.1 Å². The highest BCUT2D eigenvalue weighted by Gasteiger charge is 2.26. The molecule has 7 heteroatoms. The van der Waals surface area contributed by atoms with Crippen molar-refractivity contribution in [3.63, 3.8) is 0 Å². The minimum Gasteiger partial charge on any atom is -0.378 e. The van der Waals surface area contributed by atoms with E-state index in [1.807, 2.05) is 18.3 Å². The first-order valence-corrected chi connectivity index (χ1v) is 9.79. The number of nitriles is 1. The molecule has 0 amide bonds. The van der Waals surface area contributed by atoms with Gasteiger partial charge >= 0.3 is 0 Å². The lowest BCUT2D eigenvalue weighted by Crippen LogP contribution is -2.26. The molecule has 1 fully saturated rings. The standard InChI is InChI=1S/C22H20N6O/c1-14-8-17(4-7-29-14)28-21(10-16-12-24-5-6-25-16)27-20-13-26-19-3-2-15(11-23)9-18(19)22(20)28/h2-3,5-6,9,12-14,17H,4,7-8,10H2,1H3/t14-,17?/m1/s1. The van der Waals surface area contributed by atoms with E-state index in [9.17, 15) is 5.26 Å². The van der Waals surface area contributed by atoms with Gasteiger partial charge < -0.3 is 9.30 Å². The normalized spacial score (nSPS) is 19.4. The van der Waals surface area contributed by atoms with Crippen molar-refractivity contribution in [3.05, 3.63) is 60.1 Å². The fourth-order valence-electron chi connectivity index (χ4n) is 4.20. The summed E-state index contributed by atoms with van der Waals surface area (Å²) in [6.45, 7) is 2.84. The minimum atomic E-state index is 0.193. The number of ether oxygens (including phenoxy) is 1. The van der Waals surface area contributed by atoms with E-state index in [0.717, 1.165) is 52.9 Å². The number of imidazole rings is 1. The molecule has 1 aromatic carbocycles. The molecule has 0 bridgehead atoms. The SMILES string of the molecule is C[C@@H]1CC(n2c(Cc3cnccn3)nc3cnc4ccc(C#N)cc4c32)CCO1. The molecule has 0 aliphatic carbocycles. The Labute approximate surface area is 168 Å². The van der Waals surface area contributed by atoms with Crippen molar-refractivity contribution in [2.24, 2.45) is 0 Å². The lowest BCUT2D eigenvalue weighted by atomic mass is 10.0. The van der Waals surface area contributed by atoms with Gasteiger partial charge in [0.15, 0.2) is 0 Å². The summed E-state index contributed by atoms with van der Waals surface area (Å²) in [6.07, 6.45) is 9.60. The van der Waals surface area contributed by atoms with Gasteiger partial charge in [-0.25, -0.2) is 4.98 Å². The monoisotopic (exact) mass is 384 g/mol. The van der Waals surface area contributed by atoms with Crippen LogP contribution in [0.15, 0.2) is 43.0 Å². The van der Waals surface area contributed by atoms with Gasteiger partial charge in [-0.15, -0.1) is 0 Å². The van der Waals surface area contributed by atoms with Crippen molar-refractivity contribution in [1.82, 2.24) is 24.5 Å². The van der Waals surface area contributed by atoms with Gasteiger partial charge in [-0.05, 0) is 38.0 Å². The summed E-state index contributed by atoms with van der Waals surface area (Å²) in [5.74, 6) is 0.941. The van der Waals surface area contributed by atoms with E-state index in [2.05, 4.69) is 32.5 Å². The summed E-state index contributed by atoms with van der Waals surface area (Å²) in [6, 6.07) is 8.13. The summed E-state index contributed by atoms with van der Waals surface area (Å²) in [5, 5.41) is 10.4. The number of rotatable bonds is 3. The van der Waals surface area contributed by atoms with Crippen LogP contribution >= 0.6 is 0 Å². The third-order valence-corrected chi connectivity index (χ3v) is 5.50. The third-order valence-electron chi connectivity index (χ3n) is 5.50. The molecule has 0 saturated carbocycles. The Morgan fingerprint density at radius 3 is 2.93 bits per heavy atom. The number of pyridine rings is 1. The van der Waals surface area contributed by atoms with Crippen LogP contribution in [0.5, 0.6) is 0 Å². The molecule has 1 aliphatic heterocycles. The van der Waals surface area contributed by atoms with Gasteiger partial charge in [0.2, 0.25) is 0 Å². The first-order chi connectivity index (χ1) is 14.2. The number of fused-ring (bicyclic) bond motifs is 3. The molecule has 144 valence electrons. The maximum absolute atomic E-state index is 9.40. The third kappa shape index (κ3) is 3.22. The molecule has 0 N–H and O–H groups in total. The van der Waals surface area contributed by atoms with Gasteiger partial charge in [0.1, 0.15) is 11.3 Å². The summed E-state index contributed by atoms with van der Waals surface area (Å²) >= 11 is 0. The van der Waals surface area contributed by atoms with Crippen LogP contribution in [-0.4, -0.2) is 37.2 Å². The Kier molecular flexibility index (Phi) is 4.41. The molecule has 1 aliphatic rings. The summed E-state index contributed by atoms with van der Waals surface area (Å²) in [5.41, 5.74) is 4.23. The van der Waals surface area contributed by atoms with E-state index in [0.29, 0.717) is 12.0 Å². The predicted octanol–water partition coefficient (Wildman–Crippen LogP) is 3.58. The van der Waals surface area contributed by atoms with Crippen molar-refractivity contribution in [1.29, 1.82) is 5.26 Å². The summed E-state index contributed by atoms with van der Waals surface area (Å²) < 4.78 is 8.12. The second-order valence-electron chi connectivity index (χ2n) is 7.47. The number of hydrogen-bond acceptors (Lipinski definition) is 6. The molecule has 1 unspecified atom stereocenters. The van der Waals surface area contributed by atoms with Crippen LogP contribution in [0.3, 0.4) is 0 Å². The van der Waals surface area contributed by atoms with Gasteiger partial charge in [0.25, 0.3) is 0 Å². The van der Waals surface area contributed by atoms with Crippen LogP contribution in [0.1, 0.15) is 42.9 Å². The molecular weight excluding hydrogens is 364 g/mol. The van der Waals surface area contributed by atoms with Crippen molar-refractivity contribution >= 4 is 21.9 Å². The number of nitrogens with zero attached hydrogens (tertiary/aromatic N) is 6. The van der Waals surface area contributed by atoms with Gasteiger partial charge in [-0.1, -0.05) is 0 Å². The summed E-state index contributed by atoms with van der Waals surface area (Å²) in [7, 11) is 0. The first kappa shape index (κ1) is 17.7. The molecule has 0 spiro atoms. The van der Waals surface area contributed by atoms with Crippen molar-refractivity contribution in [2.45, 2.75) is 38.3 Å². The second-order valence-corrected chi connectivity index (χ2v) is 7.47. The molecular formula is C22H20N6O. The molecule has 4 heterocycles. The summed E-state index contributed by atoms with van der Waals surface area (Å²) in [4.78, 5) is 18.1. The van der Waals surface area contributed by atoms with Gasteiger partial charge in [-0.3, -0.25) is 15.0 Å². The number of hydrogen-bond donors (Lipinski definition) is 0. The van der Waals surface area contributed by atoms with E-state index in [1.54, 1.807) is 24.7 Å². The molecule has 1 saturated heterocycles. The molecule has 7 nitrogen and oxygen atoms in total. The van der Waals surface area contributed by atoms with E-state index < -0.39 is 0 Å². The Balaban J connectivity index is 1.76. The Hall–Kier alpha value is -3.37. The van der Waals surface area contributed by atoms with Gasteiger partial charge in [0.05, 0.1) is 40.7 Å². The van der Waals surface area contributed by atoms with E-state index in [4.69, 9.17) is 9.72 Å². The first-order valence-electron chi connectivity index (χ1n) is 9.79. The zero-order valence-corrected chi connectivity index (χ0v) is 16.1. The molecule has 0 radical (unpaired) electrons. The quantitative estimate of drug-likeness (QED) is 0.536. The number of benzene rings is 1. The van der Waals surface area contributed by atoms with Crippen LogP contribution in [0.2, 0.25) is 0 Å². The molecule has 5 rings (SSSR count). The minimum absolute atomic E-state index is 0.193. The highest BCUT2D eigenvalue weighted by atomic mass is 16.5. The van der Waals surface area contributed by atoms with E-state index in [1.165, 1.54) is 0 Å². The van der Waals surface area contributed by atoms with Crippen LogP contribution in [0.4, 0.5) is 0 Å². The van der Waals surface area contributed by atoms with Gasteiger partial charge in [0, 0.05) is 43.0 Å². The topological polar surface area (TPSA) is 89.5 Å². The fourth-order valence-corrected chi connectivity index (χ4v) is 4.20. The highest BCUT2D eigenvalue weighted by Crippen LogP contribution is 2.34. The van der Waals surface area contributed by atoms with Crippen molar-refractivity contribution < 1.29 is 4.74 Å². The van der Waals surface area contributed by atoms with Gasteiger partial charge in [-0.2, -0.15) is 5.26 Å². The lowest BCUT2D eigenvalue weighted by molar-refractivity contribution is 0.00631. The smallest absolute Gasteiger partial charge is 0.116 e. The fraction of sp³-hybridized carbons (Fsp3) is 0.318. The Bertz CT molecular complexity index is 1230. The second kappa shape index (κ2) is 7.22. The zero-order chi connectivity index (χ0) is 19.8. The van der Waals surface area contributed by atoms with Crippen LogP contribution < -0.4 is 0 Å². The molecule has 4 aromatic rings. The Morgan fingerprint density at radius 2 is 2.14 bits per heavy atom. The highest BCUT2D eigenvalue weighted by molar-refractivity contribution is 6.02. The maximum Gasteiger partial charge on any atom is 0.116 e. The average Bonchev–Trinajstić information content (AvgIpc) is 3.12. The predicted molar refractivity (Wildman–Crippen MR) is 108 cm³/mol. The zero-order valence-electron chi connectivity index (χ0n) is 16.1. The average molecular weight is 384 g/mol. The molecule has 3 aromatic heterocycles. The van der Waals surface area contributed by atoms with Crippen LogP contribution in [0.25, 0.3) is 21.9 Å². The van der Waals surface area contributed by atoms with Crippen molar-refractivity contribution in [3.8, 4) is 6.07 Å². The largest absolute Gasteiger partial charge is 0.378 e. The Morgan fingerprint density at radius 1 is 1.21 bits per heavy atom. The van der Waals surface area contributed by atoms with Crippen molar-refractivity contribution in [2.75, 3.05) is 6.61 Å². The van der Waals surface area contributed by atoms with E-state index >= 15 is 0 Å². The van der Waals surface area contributed by atoms with Crippen LogP contribution in [0, 0.1) is 11.3 Å². The number of aromatic nitrogens is 5. The molecule has 29 heavy (non-hydrogen) atoms. The van der Waals surface area contributed by atoms with Crippen LogP contribution in [-0.2, 0) is 11.2 Å². The maximum atomic E-state index is 9.40. The molecule has 2 atom stereocenters. The lowest BCUT2D eigenvalue weighted by Gasteiger charge is -2.30.